The summed E-state index contributed by atoms with van der Waals surface area (Å²) in [5.74, 6) is -2.70. The molecule has 0 heterocycles. The highest BCUT2D eigenvalue weighted by Gasteiger charge is 2.25. The fraction of sp³-hybridized carbons (Fsp3) is 1.00. The van der Waals surface area contributed by atoms with Crippen LogP contribution in [0.2, 0.25) is 0 Å². The molecule has 0 saturated heterocycles. The molecule has 0 fully saturated rings. The Kier molecular flexibility index (Phi) is 4.58. The van der Waals surface area contributed by atoms with Gasteiger partial charge in [0.05, 0.1) is 5.66 Å². The molecule has 0 aliphatic carbocycles. The minimum absolute atomic E-state index is 0.248. The number of hydrogen-bond donors (Lipinski definition) is 0. The summed E-state index contributed by atoms with van der Waals surface area (Å²) in [7, 11) is 0. The molecule has 0 amide bonds. The summed E-state index contributed by atoms with van der Waals surface area (Å²) in [4.78, 5) is 0. The molecule has 0 aromatic heterocycles. The lowest BCUT2D eigenvalue weighted by Gasteiger charge is -2.10. The van der Waals surface area contributed by atoms with Gasteiger partial charge >= 0.3 is 0 Å². The van der Waals surface area contributed by atoms with Crippen LogP contribution in [0, 0.1) is 0 Å². The van der Waals surface area contributed by atoms with Crippen LogP contribution in [0.3, 0.4) is 0 Å². The molecule has 0 rings (SSSR count). The molecule has 9 heavy (non-hydrogen) atoms. The average Bonchev–Trinajstić information content (AvgIpc) is 1.65. The summed E-state index contributed by atoms with van der Waals surface area (Å²) >= 11 is 16.1. The monoisotopic (exact) mass is 208 g/mol. The van der Waals surface area contributed by atoms with Crippen LogP contribution in [0.25, 0.3) is 0 Å². The van der Waals surface area contributed by atoms with E-state index in [1.807, 2.05) is 6.92 Å². The molecule has 56 valence electrons. The fourth-order valence-corrected chi connectivity index (χ4v) is 3.46. The molecule has 0 aliphatic heterocycles. The second-order valence-corrected chi connectivity index (χ2v) is 7.30. The van der Waals surface area contributed by atoms with Gasteiger partial charge in [-0.05, 0) is 28.9 Å². The molecule has 0 N–H and O–H groups in total. The van der Waals surface area contributed by atoms with Crippen LogP contribution >= 0.6 is 39.9 Å². The highest BCUT2D eigenvalue weighted by Crippen LogP contribution is 2.61. The largest absolute Gasteiger partial charge is 0.289 e. The lowest BCUT2D eigenvalue weighted by Crippen LogP contribution is -2.02. The Hall–Kier alpha value is 1.10. The van der Waals surface area contributed by atoms with Gasteiger partial charge in [-0.1, -0.05) is 6.92 Å². The van der Waals surface area contributed by atoms with Gasteiger partial charge in [-0.15, -0.1) is 11.6 Å². The van der Waals surface area contributed by atoms with Crippen molar-refractivity contribution in [2.75, 3.05) is 5.88 Å². The van der Waals surface area contributed by atoms with Gasteiger partial charge in [-0.3, -0.25) is 4.57 Å². The maximum absolute atomic E-state index is 10.8. The summed E-state index contributed by atoms with van der Waals surface area (Å²) in [6.45, 7) is 1.85. The molecule has 0 aromatic carbocycles. The van der Waals surface area contributed by atoms with E-state index in [0.717, 1.165) is 0 Å². The van der Waals surface area contributed by atoms with Crippen LogP contribution in [-0.2, 0) is 4.57 Å². The summed E-state index contributed by atoms with van der Waals surface area (Å²) in [5.41, 5.74) is -0.248. The van der Waals surface area contributed by atoms with E-state index in [9.17, 15) is 4.57 Å². The first-order valence-corrected chi connectivity index (χ1v) is 6.69. The van der Waals surface area contributed by atoms with E-state index in [4.69, 9.17) is 34.1 Å². The lowest BCUT2D eigenvalue weighted by atomic mass is 10.4. The third-order valence-electron chi connectivity index (χ3n) is 1.07. The molecule has 1 unspecified atom stereocenters. The van der Waals surface area contributed by atoms with Gasteiger partial charge in [0.15, 0.2) is 0 Å². The molecule has 0 bridgehead atoms. The molecule has 0 radical (unpaired) electrons. The van der Waals surface area contributed by atoms with Gasteiger partial charge in [0.2, 0.25) is 0 Å². The molecule has 0 aliphatic rings. The number of hydrogen-bond acceptors (Lipinski definition) is 1. The van der Waals surface area contributed by atoms with E-state index in [1.54, 1.807) is 0 Å². The Labute approximate surface area is 69.6 Å². The van der Waals surface area contributed by atoms with Crippen molar-refractivity contribution in [3.05, 3.63) is 0 Å². The average molecular weight is 209 g/mol. The van der Waals surface area contributed by atoms with Crippen molar-refractivity contribution in [3.63, 3.8) is 0 Å². The molecule has 0 spiro atoms. The maximum atomic E-state index is 10.8. The summed E-state index contributed by atoms with van der Waals surface area (Å²) < 4.78 is 10.8. The normalized spacial score (nSPS) is 15.6. The highest BCUT2D eigenvalue weighted by atomic mass is 35.9. The van der Waals surface area contributed by atoms with Gasteiger partial charge in [-0.2, -0.15) is 0 Å². The van der Waals surface area contributed by atoms with Gasteiger partial charge in [0.1, 0.15) is 0 Å². The van der Waals surface area contributed by atoms with E-state index in [-0.39, 0.29) is 11.5 Å². The van der Waals surface area contributed by atoms with Crippen molar-refractivity contribution in [3.8, 4) is 0 Å². The topological polar surface area (TPSA) is 17.1 Å². The van der Waals surface area contributed by atoms with Gasteiger partial charge in [0.25, 0.3) is 5.85 Å². The molecular formula is C4H8Cl3OP. The first-order chi connectivity index (χ1) is 4.02. The third-order valence-corrected chi connectivity index (χ3v) is 4.72. The van der Waals surface area contributed by atoms with E-state index in [1.165, 1.54) is 0 Å². The van der Waals surface area contributed by atoms with E-state index in [0.29, 0.717) is 6.42 Å². The molecule has 1 atom stereocenters. The van der Waals surface area contributed by atoms with Crippen LogP contribution in [0.15, 0.2) is 0 Å². The minimum Gasteiger partial charge on any atom is -0.289 e. The van der Waals surface area contributed by atoms with E-state index < -0.39 is 5.85 Å². The fourth-order valence-electron chi connectivity index (χ4n) is 0.402. The smallest absolute Gasteiger partial charge is 0.257 e. The Morgan fingerprint density at radius 2 is 2.00 bits per heavy atom. The Balaban J connectivity index is 3.96. The summed E-state index contributed by atoms with van der Waals surface area (Å²) in [6.07, 6.45) is 0.660. The van der Waals surface area contributed by atoms with Gasteiger partial charge in [-0.25, -0.2) is 0 Å². The number of halogens is 3. The number of rotatable bonds is 3. The molecular weight excluding hydrogens is 201 g/mol. The predicted molar refractivity (Wildman–Crippen MR) is 44.1 cm³/mol. The van der Waals surface area contributed by atoms with E-state index >= 15 is 0 Å². The predicted octanol–water partition coefficient (Wildman–Crippen LogP) is 3.67. The summed E-state index contributed by atoms with van der Waals surface area (Å²) in [5, 5.41) is 0. The zero-order valence-corrected chi connectivity index (χ0v) is 8.14. The quantitative estimate of drug-likeness (QED) is 0.512. The van der Waals surface area contributed by atoms with Crippen LogP contribution in [0.5, 0.6) is 0 Å². The Morgan fingerprint density at radius 3 is 2.00 bits per heavy atom. The number of alkyl halides is 1. The molecule has 1 nitrogen and oxygen atoms in total. The van der Waals surface area contributed by atoms with Crippen molar-refractivity contribution in [2.45, 2.75) is 19.0 Å². The Morgan fingerprint density at radius 1 is 1.56 bits per heavy atom. The van der Waals surface area contributed by atoms with Crippen LogP contribution in [0.4, 0.5) is 0 Å². The first-order valence-electron chi connectivity index (χ1n) is 2.57. The SMILES string of the molecule is CCC(CCl)P(=O)(Cl)Cl. The van der Waals surface area contributed by atoms with Gasteiger partial charge in [0, 0.05) is 5.88 Å². The second-order valence-electron chi connectivity index (χ2n) is 1.72. The van der Waals surface area contributed by atoms with Crippen LogP contribution < -0.4 is 0 Å². The third kappa shape index (κ3) is 3.72. The molecule has 0 saturated carbocycles. The maximum Gasteiger partial charge on any atom is 0.257 e. The zero-order valence-electron chi connectivity index (χ0n) is 4.98. The standard InChI is InChI=1S/C4H8Cl3OP/c1-2-4(3-5)9(6,7)8/h4H,2-3H2,1H3. The van der Waals surface area contributed by atoms with Crippen LogP contribution in [0.1, 0.15) is 13.3 Å². The van der Waals surface area contributed by atoms with Crippen molar-refractivity contribution in [2.24, 2.45) is 0 Å². The zero-order chi connectivity index (χ0) is 7.49. The Bertz CT molecular complexity index is 117. The lowest BCUT2D eigenvalue weighted by molar-refractivity contribution is 0.584. The minimum atomic E-state index is -2.96. The van der Waals surface area contributed by atoms with Crippen molar-refractivity contribution < 1.29 is 4.57 Å². The van der Waals surface area contributed by atoms with Crippen molar-refractivity contribution >= 4 is 39.9 Å². The highest BCUT2D eigenvalue weighted by molar-refractivity contribution is 8.09. The molecule has 0 aromatic rings. The second kappa shape index (κ2) is 4.08. The van der Waals surface area contributed by atoms with Crippen molar-refractivity contribution in [1.29, 1.82) is 0 Å². The van der Waals surface area contributed by atoms with Gasteiger partial charge < -0.3 is 0 Å². The summed E-state index contributed by atoms with van der Waals surface area (Å²) in [6, 6.07) is 0. The first kappa shape index (κ1) is 10.1. The van der Waals surface area contributed by atoms with Crippen LogP contribution in [-0.4, -0.2) is 11.5 Å². The van der Waals surface area contributed by atoms with Crippen molar-refractivity contribution in [1.82, 2.24) is 0 Å². The molecule has 5 heteroatoms. The van der Waals surface area contributed by atoms with E-state index in [2.05, 4.69) is 0 Å².